The molecule has 1 aromatic carbocycles. The van der Waals surface area contributed by atoms with Crippen molar-refractivity contribution in [1.29, 1.82) is 5.26 Å². The third-order valence-corrected chi connectivity index (χ3v) is 3.45. The number of nitrogens with zero attached hydrogens (tertiary/aromatic N) is 1. The Balaban J connectivity index is 2.25. The van der Waals surface area contributed by atoms with E-state index in [0.29, 0.717) is 24.0 Å². The monoisotopic (exact) mass is 243 g/mol. The molecule has 1 aromatic rings. The molecule has 1 N–H and O–H groups in total. The molecule has 92 valence electrons. The van der Waals surface area contributed by atoms with E-state index in [1.807, 2.05) is 6.07 Å². The fraction of sp³-hybridized carbons (Fsp3) is 0.357. The first kappa shape index (κ1) is 12.3. The summed E-state index contributed by atoms with van der Waals surface area (Å²) in [5.41, 5.74) is 0.859. The zero-order chi connectivity index (χ0) is 13.1. The minimum Gasteiger partial charge on any atom is -0.481 e. The highest BCUT2D eigenvalue weighted by atomic mass is 16.4. The Kier molecular flexibility index (Phi) is 3.42. The highest BCUT2D eigenvalue weighted by molar-refractivity contribution is 6.00. The predicted octanol–water partition coefficient (Wildman–Crippen LogP) is 2.24. The Labute approximate surface area is 105 Å². The molecule has 2 unspecified atom stereocenters. The van der Waals surface area contributed by atoms with Crippen molar-refractivity contribution in [2.75, 3.05) is 0 Å². The van der Waals surface area contributed by atoms with Crippen LogP contribution in [-0.2, 0) is 4.79 Å². The van der Waals surface area contributed by atoms with Gasteiger partial charge in [-0.25, -0.2) is 0 Å². The first-order chi connectivity index (χ1) is 8.63. The molecule has 0 aliphatic heterocycles. The third kappa shape index (κ3) is 2.25. The van der Waals surface area contributed by atoms with E-state index in [4.69, 9.17) is 10.4 Å². The van der Waals surface area contributed by atoms with Crippen LogP contribution in [0, 0.1) is 23.2 Å². The molecule has 4 heteroatoms. The molecular weight excluding hydrogens is 230 g/mol. The quantitative estimate of drug-likeness (QED) is 0.826. The molecule has 1 saturated carbocycles. The Hall–Kier alpha value is -2.15. The van der Waals surface area contributed by atoms with Crippen LogP contribution in [0.5, 0.6) is 0 Å². The van der Waals surface area contributed by atoms with Crippen LogP contribution in [0.4, 0.5) is 0 Å². The molecule has 0 spiro atoms. The summed E-state index contributed by atoms with van der Waals surface area (Å²) in [7, 11) is 0. The van der Waals surface area contributed by atoms with Crippen LogP contribution in [0.25, 0.3) is 0 Å². The van der Waals surface area contributed by atoms with Gasteiger partial charge in [0.05, 0.1) is 17.6 Å². The van der Waals surface area contributed by atoms with E-state index in [1.54, 1.807) is 18.2 Å². The smallest absolute Gasteiger partial charge is 0.307 e. The molecule has 1 aliphatic carbocycles. The number of nitriles is 1. The summed E-state index contributed by atoms with van der Waals surface area (Å²) in [6.45, 7) is 0. The number of hydrogen-bond acceptors (Lipinski definition) is 3. The number of carbonyl (C=O) groups excluding carboxylic acids is 1. The second kappa shape index (κ2) is 5.01. The van der Waals surface area contributed by atoms with Crippen molar-refractivity contribution in [3.8, 4) is 6.07 Å². The summed E-state index contributed by atoms with van der Waals surface area (Å²) in [4.78, 5) is 23.3. The lowest BCUT2D eigenvalue weighted by Gasteiger charge is -2.14. The lowest BCUT2D eigenvalue weighted by Crippen LogP contribution is -2.25. The molecule has 1 fully saturated rings. The molecule has 2 atom stereocenters. The Morgan fingerprint density at radius 2 is 2.00 bits per heavy atom. The van der Waals surface area contributed by atoms with Gasteiger partial charge in [-0.3, -0.25) is 9.59 Å². The fourth-order valence-electron chi connectivity index (χ4n) is 2.53. The number of rotatable bonds is 3. The average Bonchev–Trinajstić information content (AvgIpc) is 2.87. The molecule has 18 heavy (non-hydrogen) atoms. The van der Waals surface area contributed by atoms with E-state index in [0.717, 1.165) is 6.42 Å². The van der Waals surface area contributed by atoms with Gasteiger partial charge in [0.25, 0.3) is 0 Å². The topological polar surface area (TPSA) is 78.2 Å². The number of benzene rings is 1. The average molecular weight is 243 g/mol. The number of carbonyl (C=O) groups is 2. The van der Waals surface area contributed by atoms with Gasteiger partial charge < -0.3 is 5.11 Å². The maximum absolute atomic E-state index is 12.3. The molecule has 0 aromatic heterocycles. The van der Waals surface area contributed by atoms with Crippen LogP contribution in [0.15, 0.2) is 24.3 Å². The van der Waals surface area contributed by atoms with E-state index < -0.39 is 17.8 Å². The molecular formula is C14H13NO3. The lowest BCUT2D eigenvalue weighted by atomic mass is 9.88. The number of aliphatic carboxylic acids is 1. The molecule has 0 bridgehead atoms. The largest absolute Gasteiger partial charge is 0.481 e. The summed E-state index contributed by atoms with van der Waals surface area (Å²) in [5.74, 6) is -2.08. The summed E-state index contributed by atoms with van der Waals surface area (Å²) in [6.07, 6.45) is 1.95. The number of hydrogen-bond donors (Lipinski definition) is 1. The van der Waals surface area contributed by atoms with Crippen molar-refractivity contribution in [1.82, 2.24) is 0 Å². The lowest BCUT2D eigenvalue weighted by molar-refractivity contribution is -0.142. The van der Waals surface area contributed by atoms with Crippen LogP contribution < -0.4 is 0 Å². The minimum absolute atomic E-state index is 0.156. The zero-order valence-electron chi connectivity index (χ0n) is 9.80. The fourth-order valence-corrected chi connectivity index (χ4v) is 2.53. The number of ketones is 1. The molecule has 1 aliphatic rings. The standard InChI is InChI=1S/C14H13NO3/c15-8-9-3-1-4-10(7-9)13(16)11-5-2-6-12(11)14(17)18/h1,3-4,7,11-12H,2,5-6H2,(H,17,18). The summed E-state index contributed by atoms with van der Waals surface area (Å²) in [6, 6.07) is 8.42. The van der Waals surface area contributed by atoms with Crippen LogP contribution in [-0.4, -0.2) is 16.9 Å². The maximum Gasteiger partial charge on any atom is 0.307 e. The molecule has 0 amide bonds. The number of carboxylic acid groups (broad SMARTS) is 1. The highest BCUT2D eigenvalue weighted by Gasteiger charge is 2.37. The van der Waals surface area contributed by atoms with Gasteiger partial charge in [0, 0.05) is 11.5 Å². The number of carboxylic acids is 1. The van der Waals surface area contributed by atoms with Crippen LogP contribution in [0.3, 0.4) is 0 Å². The normalized spacial score (nSPS) is 22.4. The van der Waals surface area contributed by atoms with Crippen LogP contribution in [0.1, 0.15) is 35.2 Å². The Morgan fingerprint density at radius 1 is 1.28 bits per heavy atom. The molecule has 0 saturated heterocycles. The van der Waals surface area contributed by atoms with Gasteiger partial charge in [0.15, 0.2) is 5.78 Å². The number of Topliss-reactive ketones (excluding diaryl/α,β-unsaturated/α-hetero) is 1. The molecule has 2 rings (SSSR count). The highest BCUT2D eigenvalue weighted by Crippen LogP contribution is 2.34. The van der Waals surface area contributed by atoms with Gasteiger partial charge in [0.1, 0.15) is 0 Å². The van der Waals surface area contributed by atoms with Crippen molar-refractivity contribution in [3.05, 3.63) is 35.4 Å². The minimum atomic E-state index is -0.901. The molecule has 4 nitrogen and oxygen atoms in total. The van der Waals surface area contributed by atoms with Gasteiger partial charge >= 0.3 is 5.97 Å². The summed E-state index contributed by atoms with van der Waals surface area (Å²) >= 11 is 0. The Bertz CT molecular complexity index is 530. The SMILES string of the molecule is N#Cc1cccc(C(=O)C2CCCC2C(=O)O)c1. The van der Waals surface area contributed by atoms with Crippen molar-refractivity contribution in [2.45, 2.75) is 19.3 Å². The Morgan fingerprint density at radius 3 is 2.67 bits per heavy atom. The zero-order valence-corrected chi connectivity index (χ0v) is 9.80. The van der Waals surface area contributed by atoms with Crippen LogP contribution in [0.2, 0.25) is 0 Å². The summed E-state index contributed by atoms with van der Waals surface area (Å²) < 4.78 is 0. The van der Waals surface area contributed by atoms with Crippen molar-refractivity contribution in [3.63, 3.8) is 0 Å². The second-order valence-corrected chi connectivity index (χ2v) is 4.54. The molecule has 0 heterocycles. The van der Waals surface area contributed by atoms with E-state index in [1.165, 1.54) is 6.07 Å². The second-order valence-electron chi connectivity index (χ2n) is 4.54. The van der Waals surface area contributed by atoms with Crippen molar-refractivity contribution >= 4 is 11.8 Å². The summed E-state index contributed by atoms with van der Waals surface area (Å²) in [5, 5.41) is 17.9. The van der Waals surface area contributed by atoms with Crippen molar-refractivity contribution in [2.24, 2.45) is 11.8 Å². The van der Waals surface area contributed by atoms with E-state index in [9.17, 15) is 9.59 Å². The first-order valence-corrected chi connectivity index (χ1v) is 5.90. The van der Waals surface area contributed by atoms with E-state index in [2.05, 4.69) is 0 Å². The van der Waals surface area contributed by atoms with E-state index in [-0.39, 0.29) is 5.78 Å². The van der Waals surface area contributed by atoms with Crippen LogP contribution >= 0.6 is 0 Å². The van der Waals surface area contributed by atoms with Gasteiger partial charge in [-0.1, -0.05) is 18.6 Å². The van der Waals surface area contributed by atoms with Crippen molar-refractivity contribution < 1.29 is 14.7 Å². The van der Waals surface area contributed by atoms with Gasteiger partial charge in [0.2, 0.25) is 0 Å². The van der Waals surface area contributed by atoms with Gasteiger partial charge in [-0.2, -0.15) is 5.26 Å². The first-order valence-electron chi connectivity index (χ1n) is 5.90. The predicted molar refractivity (Wildman–Crippen MR) is 64.0 cm³/mol. The van der Waals surface area contributed by atoms with E-state index >= 15 is 0 Å². The third-order valence-electron chi connectivity index (χ3n) is 3.45. The molecule has 0 radical (unpaired) electrons. The van der Waals surface area contributed by atoms with Gasteiger partial charge in [-0.15, -0.1) is 0 Å². The maximum atomic E-state index is 12.3. The van der Waals surface area contributed by atoms with Gasteiger partial charge in [-0.05, 0) is 25.0 Å².